The van der Waals surface area contributed by atoms with Gasteiger partial charge in [0.15, 0.2) is 17.5 Å². The van der Waals surface area contributed by atoms with E-state index in [9.17, 15) is 0 Å². The van der Waals surface area contributed by atoms with Gasteiger partial charge in [0.2, 0.25) is 0 Å². The Hall–Kier alpha value is -6.64. The summed E-state index contributed by atoms with van der Waals surface area (Å²) in [5.74, 6) is 1.44. The molecule has 8 aromatic rings. The molecule has 8 rings (SSSR count). The molecule has 15 nitrogen and oxygen atoms in total. The molecule has 0 aliphatic heterocycles. The maximum absolute atomic E-state index is 5.18. The highest BCUT2D eigenvalue weighted by Crippen LogP contribution is 2.49. The van der Waals surface area contributed by atoms with Crippen LogP contribution in [0.25, 0.3) is 73.5 Å². The van der Waals surface area contributed by atoms with Gasteiger partial charge in [-0.15, -0.1) is 15.3 Å². The summed E-state index contributed by atoms with van der Waals surface area (Å²) in [5.41, 5.74) is 6.08. The number of aromatic nitrogens is 15. The lowest BCUT2D eigenvalue weighted by atomic mass is 9.87. The van der Waals surface area contributed by atoms with Gasteiger partial charge in [-0.3, -0.25) is 19.7 Å². The van der Waals surface area contributed by atoms with Crippen molar-refractivity contribution < 1.29 is 0 Å². The van der Waals surface area contributed by atoms with Gasteiger partial charge in [0, 0.05) is 53.7 Å². The first kappa shape index (κ1) is 24.2. The third-order valence-electron chi connectivity index (χ3n) is 6.76. The van der Waals surface area contributed by atoms with Crippen molar-refractivity contribution in [1.29, 1.82) is 0 Å². The second kappa shape index (κ2) is 10.1. The van der Waals surface area contributed by atoms with E-state index in [1.54, 1.807) is 55.5 Å². The smallest absolute Gasteiger partial charge is 0.167 e. The molecule has 15 heteroatoms. The van der Waals surface area contributed by atoms with Crippen LogP contribution in [-0.2, 0) is 0 Å². The lowest BCUT2D eigenvalue weighted by molar-refractivity contribution is 0.859. The highest BCUT2D eigenvalue weighted by molar-refractivity contribution is 6.15. The van der Waals surface area contributed by atoms with Gasteiger partial charge >= 0.3 is 0 Å². The third kappa shape index (κ3) is 3.99. The molecular weight excluding hydrogens is 546 g/mol. The van der Waals surface area contributed by atoms with Crippen LogP contribution in [0.3, 0.4) is 0 Å². The largest absolute Gasteiger partial charge is 0.284 e. The van der Waals surface area contributed by atoms with Gasteiger partial charge in [0.25, 0.3) is 0 Å². The standard InChI is InChI=1S/C28H17N15/c1-2-9-29-16(5-1)21-22(17-6-3-12-32-37-17)24(27-30-10-4-11-31-27)25-26(23(21)19-15-35-42-39-19)43(20-8-14-33-40-20)28(36-25)18-7-13-34-41-38-18/h1-15H,(H,33,40)(H,35,39,42). The number of rotatable bonds is 6. The van der Waals surface area contributed by atoms with Crippen LogP contribution < -0.4 is 0 Å². The average molecular weight is 564 g/mol. The van der Waals surface area contributed by atoms with Crippen LogP contribution in [0.2, 0.25) is 0 Å². The Balaban J connectivity index is 1.68. The van der Waals surface area contributed by atoms with Crippen molar-refractivity contribution in [3.05, 3.63) is 91.9 Å². The minimum absolute atomic E-state index is 0.427. The third-order valence-corrected chi connectivity index (χ3v) is 6.76. The second-order valence-electron chi connectivity index (χ2n) is 9.16. The molecule has 0 atom stereocenters. The molecule has 0 aliphatic carbocycles. The molecule has 204 valence electrons. The van der Waals surface area contributed by atoms with Crippen molar-refractivity contribution in [3.63, 3.8) is 0 Å². The van der Waals surface area contributed by atoms with E-state index < -0.39 is 0 Å². The maximum atomic E-state index is 5.18. The number of pyridine rings is 1. The van der Waals surface area contributed by atoms with Crippen molar-refractivity contribution in [3.8, 4) is 62.5 Å². The molecule has 7 aromatic heterocycles. The molecule has 0 radical (unpaired) electrons. The molecule has 43 heavy (non-hydrogen) atoms. The first-order valence-electron chi connectivity index (χ1n) is 13.0. The summed E-state index contributed by atoms with van der Waals surface area (Å²) in [5, 5.41) is 39.6. The van der Waals surface area contributed by atoms with Crippen LogP contribution in [0.4, 0.5) is 0 Å². The minimum atomic E-state index is 0.427. The molecule has 0 amide bonds. The molecule has 0 saturated heterocycles. The second-order valence-corrected chi connectivity index (χ2v) is 9.16. The summed E-state index contributed by atoms with van der Waals surface area (Å²) in [4.78, 5) is 19.3. The fraction of sp³-hybridized carbons (Fsp3) is 0. The van der Waals surface area contributed by atoms with Crippen LogP contribution in [0, 0.1) is 0 Å². The fourth-order valence-corrected chi connectivity index (χ4v) is 5.12. The van der Waals surface area contributed by atoms with Crippen LogP contribution in [0.5, 0.6) is 0 Å². The van der Waals surface area contributed by atoms with Crippen LogP contribution in [-0.4, -0.2) is 75.7 Å². The molecule has 0 unspecified atom stereocenters. The molecule has 0 fully saturated rings. The first-order valence-corrected chi connectivity index (χ1v) is 13.0. The van der Waals surface area contributed by atoms with Gasteiger partial charge in [-0.1, -0.05) is 11.3 Å². The van der Waals surface area contributed by atoms with Gasteiger partial charge in [-0.25, -0.2) is 15.0 Å². The number of aromatic amines is 2. The van der Waals surface area contributed by atoms with Gasteiger partial charge in [-0.2, -0.15) is 15.3 Å². The Morgan fingerprint density at radius 2 is 1.49 bits per heavy atom. The number of nitrogens with one attached hydrogen (secondary N) is 2. The Morgan fingerprint density at radius 1 is 0.605 bits per heavy atom. The van der Waals surface area contributed by atoms with E-state index in [0.29, 0.717) is 73.5 Å². The molecule has 0 spiro atoms. The number of hydrogen-bond acceptors (Lipinski definition) is 12. The summed E-state index contributed by atoms with van der Waals surface area (Å²) in [6, 6.07) is 14.7. The fourth-order valence-electron chi connectivity index (χ4n) is 5.12. The zero-order valence-corrected chi connectivity index (χ0v) is 22.0. The predicted molar refractivity (Wildman–Crippen MR) is 153 cm³/mol. The van der Waals surface area contributed by atoms with Crippen LogP contribution >= 0.6 is 0 Å². The van der Waals surface area contributed by atoms with Crippen molar-refractivity contribution in [1.82, 2.24) is 75.7 Å². The molecule has 7 heterocycles. The lowest BCUT2D eigenvalue weighted by Crippen LogP contribution is -2.04. The molecule has 0 bridgehead atoms. The summed E-state index contributed by atoms with van der Waals surface area (Å²) in [6.45, 7) is 0. The predicted octanol–water partition coefficient (Wildman–Crippen LogP) is 3.36. The van der Waals surface area contributed by atoms with E-state index in [0.717, 1.165) is 0 Å². The minimum Gasteiger partial charge on any atom is -0.284 e. The summed E-state index contributed by atoms with van der Waals surface area (Å²) in [6.07, 6.45) is 11.7. The number of nitrogens with zero attached hydrogens (tertiary/aromatic N) is 13. The zero-order valence-electron chi connectivity index (χ0n) is 22.0. The highest BCUT2D eigenvalue weighted by atomic mass is 15.3. The van der Waals surface area contributed by atoms with Gasteiger partial charge in [-0.05, 0) is 41.6 Å². The quantitative estimate of drug-likeness (QED) is 0.300. The van der Waals surface area contributed by atoms with Gasteiger partial charge in [0.05, 0.1) is 34.9 Å². The van der Waals surface area contributed by atoms with Crippen LogP contribution in [0.15, 0.2) is 91.9 Å². The normalized spacial score (nSPS) is 11.3. The van der Waals surface area contributed by atoms with Crippen LogP contribution in [0.1, 0.15) is 0 Å². The SMILES string of the molecule is c1ccc(-c2c(-c3cccnn3)c(-c3ncccn3)c3nc(-c4ccnnn4)n(-c4cc[nH]n4)c3c2-c2c[nH]nn2)nc1. The van der Waals surface area contributed by atoms with Gasteiger partial charge < -0.3 is 0 Å². The summed E-state index contributed by atoms with van der Waals surface area (Å²) < 4.78 is 1.89. The van der Waals surface area contributed by atoms with Crippen molar-refractivity contribution >= 4 is 11.0 Å². The van der Waals surface area contributed by atoms with Gasteiger partial charge in [0.1, 0.15) is 16.9 Å². The highest BCUT2D eigenvalue weighted by Gasteiger charge is 2.32. The van der Waals surface area contributed by atoms with E-state index in [1.807, 2.05) is 41.0 Å². The van der Waals surface area contributed by atoms with Crippen molar-refractivity contribution in [2.75, 3.05) is 0 Å². The van der Waals surface area contributed by atoms with Crippen molar-refractivity contribution in [2.24, 2.45) is 0 Å². The summed E-state index contributed by atoms with van der Waals surface area (Å²) >= 11 is 0. The Morgan fingerprint density at radius 3 is 2.21 bits per heavy atom. The van der Waals surface area contributed by atoms with E-state index in [2.05, 4.69) is 61.2 Å². The van der Waals surface area contributed by atoms with Crippen molar-refractivity contribution in [2.45, 2.75) is 0 Å². The number of fused-ring (bicyclic) bond motifs is 1. The first-order chi connectivity index (χ1) is 21.4. The monoisotopic (exact) mass is 563 g/mol. The average Bonchev–Trinajstić information content (AvgIpc) is 3.87. The lowest BCUT2D eigenvalue weighted by Gasteiger charge is -2.19. The number of imidazole rings is 1. The molecular formula is C28H17N15. The Labute approximate surface area is 241 Å². The molecule has 0 saturated carbocycles. The molecule has 0 aliphatic rings. The van der Waals surface area contributed by atoms with E-state index in [-0.39, 0.29) is 0 Å². The number of benzene rings is 1. The molecule has 1 aromatic carbocycles. The zero-order chi connectivity index (χ0) is 28.6. The topological polar surface area (TPSA) is 191 Å². The van der Waals surface area contributed by atoms with E-state index in [4.69, 9.17) is 9.97 Å². The van der Waals surface area contributed by atoms with E-state index >= 15 is 0 Å². The number of H-pyrrole nitrogens is 2. The Bertz CT molecular complexity index is 2150. The van der Waals surface area contributed by atoms with E-state index in [1.165, 1.54) is 0 Å². The maximum Gasteiger partial charge on any atom is 0.167 e. The summed E-state index contributed by atoms with van der Waals surface area (Å²) in [7, 11) is 0. The molecule has 2 N–H and O–H groups in total. The number of hydrogen-bond donors (Lipinski definition) is 2. The Kier molecular flexibility index (Phi) is 5.67.